The van der Waals surface area contributed by atoms with E-state index in [0.29, 0.717) is 0 Å². The van der Waals surface area contributed by atoms with E-state index in [1.807, 2.05) is 42.5 Å². The number of rotatable bonds is 5. The van der Waals surface area contributed by atoms with E-state index >= 15 is 0 Å². The van der Waals surface area contributed by atoms with Crippen molar-refractivity contribution in [1.82, 2.24) is 4.90 Å². The Balaban J connectivity index is 2.34. The zero-order valence-electron chi connectivity index (χ0n) is 12.9. The van der Waals surface area contributed by atoms with Crippen LogP contribution in [0.25, 0.3) is 3.62 Å². The number of likely N-dealkylation sites (N-methyl/N-ethyl adjacent to an activating group) is 1. The third-order valence-electron chi connectivity index (χ3n) is 3.04. The van der Waals surface area contributed by atoms with Gasteiger partial charge in [-0.2, -0.15) is 0 Å². The molecular weight excluding hydrogens is 390 g/mol. The second-order valence-electron chi connectivity index (χ2n) is 4.88. The maximum absolute atomic E-state index is 12.1. The molecule has 4 heteroatoms. The first kappa shape index (κ1) is 16.6. The number of carbonyl (C=O) groups is 1. The van der Waals surface area contributed by atoms with Crippen molar-refractivity contribution in [3.05, 3.63) is 66.2 Å². The van der Waals surface area contributed by atoms with Gasteiger partial charge in [0.15, 0.2) is 0 Å². The van der Waals surface area contributed by atoms with Gasteiger partial charge in [0.05, 0.1) is 0 Å². The molecule has 0 unspecified atom stereocenters. The molecule has 0 aliphatic rings. The Morgan fingerprint density at radius 1 is 1.05 bits per heavy atom. The predicted molar refractivity (Wildman–Crippen MR) is 91.5 cm³/mol. The number of ether oxygens (including phenoxy) is 1. The first-order chi connectivity index (χ1) is 10.6. The van der Waals surface area contributed by atoms with E-state index in [1.54, 1.807) is 32.2 Å². The molecule has 114 valence electrons. The van der Waals surface area contributed by atoms with Gasteiger partial charge in [-0.3, -0.25) is 0 Å². The number of nitrogens with zero attached hydrogens (tertiary/aromatic N) is 1. The zero-order chi connectivity index (χ0) is 15.9. The van der Waals surface area contributed by atoms with E-state index in [1.165, 1.54) is 3.61 Å². The number of hydrogen-bond acceptors (Lipinski definition) is 2. The van der Waals surface area contributed by atoms with Crippen molar-refractivity contribution >= 4 is 34.1 Å². The normalized spacial score (nSPS) is 11.1. The number of hydrogen-bond donors (Lipinski definition) is 0. The summed E-state index contributed by atoms with van der Waals surface area (Å²) in [6.07, 6.45) is 1.76. The molecule has 0 saturated carbocycles. The van der Waals surface area contributed by atoms with Gasteiger partial charge < -0.3 is 0 Å². The summed E-state index contributed by atoms with van der Waals surface area (Å²) >= 11 is -0.625. The minimum absolute atomic E-state index is 0.0202. The summed E-state index contributed by atoms with van der Waals surface area (Å²) in [4.78, 5) is 13.7. The first-order valence-corrected chi connectivity index (χ1v) is 9.23. The second kappa shape index (κ2) is 8.03. The molecule has 0 bridgehead atoms. The molecule has 2 rings (SSSR count). The fourth-order valence-corrected chi connectivity index (χ4v) is 4.53. The van der Waals surface area contributed by atoms with Gasteiger partial charge in [-0.25, -0.2) is 0 Å². The van der Waals surface area contributed by atoms with Crippen molar-refractivity contribution in [3.8, 4) is 5.75 Å². The topological polar surface area (TPSA) is 29.5 Å². The maximum atomic E-state index is 12.1. The summed E-state index contributed by atoms with van der Waals surface area (Å²) in [5.41, 5.74) is 1.09. The predicted octanol–water partition coefficient (Wildman–Crippen LogP) is 2.15. The summed E-state index contributed by atoms with van der Waals surface area (Å²) < 4.78 is 7.63. The van der Waals surface area contributed by atoms with Gasteiger partial charge in [-0.15, -0.1) is 0 Å². The van der Waals surface area contributed by atoms with E-state index in [4.69, 9.17) is 4.74 Å². The molecule has 0 aromatic heterocycles. The van der Waals surface area contributed by atoms with Gasteiger partial charge >= 0.3 is 142 Å². The van der Waals surface area contributed by atoms with Crippen molar-refractivity contribution in [3.63, 3.8) is 0 Å². The summed E-state index contributed by atoms with van der Waals surface area (Å²) in [6.45, 7) is 0. The number of amides is 1. The number of benzene rings is 2. The Bertz CT molecular complexity index is 649. The molecule has 0 saturated heterocycles. The van der Waals surface area contributed by atoms with Gasteiger partial charge in [0, 0.05) is 0 Å². The standard InChI is InChI=1S/C18H19NO2Te/c1-19(2)18(20)13-17(22-16-7-5-4-6-8-16)14-9-11-15(21-3)12-10-14/h4-13H,1-3H3/b17-13-. The second-order valence-corrected chi connectivity index (χ2v) is 8.07. The van der Waals surface area contributed by atoms with Crippen LogP contribution in [0.2, 0.25) is 0 Å². The fourth-order valence-electron chi connectivity index (χ4n) is 1.78. The van der Waals surface area contributed by atoms with Crippen LogP contribution in [0.15, 0.2) is 60.7 Å². The summed E-state index contributed by atoms with van der Waals surface area (Å²) in [5.74, 6) is 0.842. The van der Waals surface area contributed by atoms with Crippen molar-refractivity contribution in [2.24, 2.45) is 0 Å². The Kier molecular flexibility index (Phi) is 6.06. The Morgan fingerprint density at radius 2 is 1.68 bits per heavy atom. The van der Waals surface area contributed by atoms with Crippen molar-refractivity contribution in [1.29, 1.82) is 0 Å². The Morgan fingerprint density at radius 3 is 2.23 bits per heavy atom. The van der Waals surface area contributed by atoms with Crippen LogP contribution in [0, 0.1) is 0 Å². The van der Waals surface area contributed by atoms with Crippen LogP contribution in [0.1, 0.15) is 5.56 Å². The van der Waals surface area contributed by atoms with E-state index in [0.717, 1.165) is 14.9 Å². The fraction of sp³-hybridized carbons (Fsp3) is 0.167. The number of carbonyl (C=O) groups excluding carboxylic acids is 1. The van der Waals surface area contributed by atoms with Crippen molar-refractivity contribution in [2.75, 3.05) is 21.2 Å². The molecule has 1 amide bonds. The molecule has 0 atom stereocenters. The summed E-state index contributed by atoms with van der Waals surface area (Å²) in [5, 5.41) is 0. The molecule has 2 aromatic carbocycles. The molecule has 0 spiro atoms. The molecule has 0 fully saturated rings. The third kappa shape index (κ3) is 4.62. The quantitative estimate of drug-likeness (QED) is 0.560. The Hall–Kier alpha value is -1.76. The van der Waals surface area contributed by atoms with Crippen molar-refractivity contribution in [2.45, 2.75) is 0 Å². The number of methoxy groups -OCH3 is 1. The molecular formula is C18H19NO2Te. The van der Waals surface area contributed by atoms with Crippen LogP contribution < -0.4 is 8.35 Å². The van der Waals surface area contributed by atoms with Gasteiger partial charge in [-0.1, -0.05) is 0 Å². The molecule has 22 heavy (non-hydrogen) atoms. The average Bonchev–Trinajstić information content (AvgIpc) is 2.55. The third-order valence-corrected chi connectivity index (χ3v) is 6.13. The first-order valence-electron chi connectivity index (χ1n) is 6.90. The molecule has 0 radical (unpaired) electrons. The van der Waals surface area contributed by atoms with Crippen LogP contribution in [-0.4, -0.2) is 52.9 Å². The van der Waals surface area contributed by atoms with E-state index < -0.39 is 20.9 Å². The summed E-state index contributed by atoms with van der Waals surface area (Å²) in [7, 11) is 5.20. The van der Waals surface area contributed by atoms with Crippen LogP contribution in [0.4, 0.5) is 0 Å². The molecule has 0 aliphatic heterocycles. The molecule has 0 aliphatic carbocycles. The van der Waals surface area contributed by atoms with Crippen LogP contribution in [0.3, 0.4) is 0 Å². The van der Waals surface area contributed by atoms with Gasteiger partial charge in [0.1, 0.15) is 0 Å². The van der Waals surface area contributed by atoms with E-state index in [-0.39, 0.29) is 5.91 Å². The SMILES string of the molecule is COc1ccc(/C(=C/C(=O)N(C)C)[Te]c2ccccc2)cc1. The van der Waals surface area contributed by atoms with Gasteiger partial charge in [0.25, 0.3) is 0 Å². The van der Waals surface area contributed by atoms with Crippen LogP contribution in [-0.2, 0) is 4.79 Å². The zero-order valence-corrected chi connectivity index (χ0v) is 15.3. The minimum atomic E-state index is -0.625. The van der Waals surface area contributed by atoms with Crippen LogP contribution in [0.5, 0.6) is 5.75 Å². The van der Waals surface area contributed by atoms with Gasteiger partial charge in [0.2, 0.25) is 0 Å². The van der Waals surface area contributed by atoms with E-state index in [9.17, 15) is 4.79 Å². The monoisotopic (exact) mass is 411 g/mol. The Labute approximate surface area is 141 Å². The molecule has 2 aromatic rings. The van der Waals surface area contributed by atoms with Crippen molar-refractivity contribution < 1.29 is 9.53 Å². The van der Waals surface area contributed by atoms with Crippen LogP contribution >= 0.6 is 0 Å². The molecule has 3 nitrogen and oxygen atoms in total. The van der Waals surface area contributed by atoms with E-state index in [2.05, 4.69) is 12.1 Å². The van der Waals surface area contributed by atoms with Gasteiger partial charge in [-0.05, 0) is 0 Å². The average molecular weight is 409 g/mol. The molecule has 0 heterocycles. The summed E-state index contributed by atoms with van der Waals surface area (Å²) in [6, 6.07) is 18.2. The molecule has 0 N–H and O–H groups in total.